The van der Waals surface area contributed by atoms with Gasteiger partial charge in [-0.3, -0.25) is 14.4 Å². The molecule has 0 saturated heterocycles. The van der Waals surface area contributed by atoms with E-state index in [1.54, 1.807) is 0 Å². The van der Waals surface area contributed by atoms with Crippen molar-refractivity contribution in [1.29, 1.82) is 0 Å². The lowest BCUT2D eigenvalue weighted by molar-refractivity contribution is -0.292. The summed E-state index contributed by atoms with van der Waals surface area (Å²) in [7, 11) is 1.29. The van der Waals surface area contributed by atoms with E-state index in [0.29, 0.717) is 46.7 Å². The van der Waals surface area contributed by atoms with Crippen LogP contribution in [0.5, 0.6) is 11.5 Å². The van der Waals surface area contributed by atoms with Crippen molar-refractivity contribution in [2.75, 3.05) is 99.7 Å². The highest BCUT2D eigenvalue weighted by Crippen LogP contribution is 2.37. The molecule has 1 heterocycles. The Morgan fingerprint density at radius 2 is 0.840 bits per heavy atom. The van der Waals surface area contributed by atoms with E-state index in [0.717, 1.165) is 36.3 Å². The predicted octanol–water partition coefficient (Wildman–Crippen LogP) is 3.79. The number of hydrogen-bond donors (Lipinski definition) is 9. The molecular weight excluding hydrogens is 1120 g/mol. The zero-order chi connectivity index (χ0) is 56.2. The number of nitrogens with zero attached hydrogens (tertiary/aromatic N) is 3. The van der Waals surface area contributed by atoms with Crippen LogP contribution in [0.25, 0.3) is 0 Å². The molecule has 0 fully saturated rings. The topological polar surface area (TPSA) is 241 Å². The lowest BCUT2D eigenvalue weighted by Crippen LogP contribution is -2.54. The second kappa shape index (κ2) is 40.3. The molecule has 3 rings (SSSR count). The van der Waals surface area contributed by atoms with Gasteiger partial charge >= 0.3 is 35.0 Å². The van der Waals surface area contributed by atoms with Gasteiger partial charge in [0.25, 0.3) is 0 Å². The summed E-state index contributed by atoms with van der Waals surface area (Å²) in [5.74, 6) is 2.92. The Morgan fingerprint density at radius 1 is 0.520 bits per heavy atom. The summed E-state index contributed by atoms with van der Waals surface area (Å²) in [6.45, 7) is 7.51. The first-order chi connectivity index (χ1) is 35.8. The van der Waals surface area contributed by atoms with Gasteiger partial charge in [0.15, 0.2) is 0 Å². The van der Waals surface area contributed by atoms with Gasteiger partial charge in [0.1, 0.15) is 57.7 Å². The molecule has 0 amide bonds. The number of rotatable bonds is 35. The number of esters is 3. The molecule has 2 N–H and O–H groups in total. The van der Waals surface area contributed by atoms with E-state index in [2.05, 4.69) is 102 Å². The van der Waals surface area contributed by atoms with Crippen molar-refractivity contribution in [2.45, 2.75) is 77.2 Å². The third-order valence-corrected chi connectivity index (χ3v) is 12.4. The Morgan fingerprint density at radius 3 is 1.13 bits per heavy atom. The molecular formula is C48H75N3O17S7. The van der Waals surface area contributed by atoms with E-state index in [-0.39, 0.29) is 97.2 Å². The number of carbonyl (C=O) groups excluding carboxylic acids is 3. The number of hydrogen-bond acceptors (Lipinski definition) is 24. The molecule has 75 heavy (non-hydrogen) atoms. The van der Waals surface area contributed by atoms with Gasteiger partial charge in [0.2, 0.25) is 0 Å². The van der Waals surface area contributed by atoms with Gasteiger partial charge in [0.05, 0.1) is 57.8 Å². The molecule has 0 saturated carbocycles. The number of aliphatic hydroxyl groups excluding tert-OH is 2. The summed E-state index contributed by atoms with van der Waals surface area (Å²) in [6, 6.07) is 15.8. The van der Waals surface area contributed by atoms with E-state index in [9.17, 15) is 39.0 Å². The first-order valence-corrected chi connectivity index (χ1v) is 28.2. The minimum Gasteiger partial charge on any atom is -0.491 e. The van der Waals surface area contributed by atoms with Crippen LogP contribution in [-0.2, 0) is 73.7 Å². The molecule has 2 aromatic carbocycles. The molecule has 2 unspecified atom stereocenters. The van der Waals surface area contributed by atoms with E-state index in [1.807, 2.05) is 55.5 Å². The Bertz CT molecular complexity index is 2080. The van der Waals surface area contributed by atoms with E-state index in [1.165, 1.54) is 7.05 Å². The minimum atomic E-state index is -0.894. The number of benzene rings is 2. The Kier molecular flexibility index (Phi) is 37.6. The largest absolute Gasteiger partial charge is 0.491 e. The van der Waals surface area contributed by atoms with Crippen LogP contribution >= 0.6 is 88.4 Å². The molecule has 426 valence electrons. The van der Waals surface area contributed by atoms with Gasteiger partial charge in [-0.1, -0.05) is 45.0 Å². The lowest BCUT2D eigenvalue weighted by atomic mass is 9.75. The SMILES string of the molecule is CC(C)(c1ccc(OCC(O)CS)cc1)c1ccc(OCC(O)CS)cc1.CCC(CC(=O)OCCS)(CC(=O)OCCS)CC(=O)OCCS.Cn1c(=O)n(CCOOCCS)c(=O)n(CCOOCCS)c1=O. The smallest absolute Gasteiger partial charge is 0.336 e. The summed E-state index contributed by atoms with van der Waals surface area (Å²) >= 11 is 27.9. The van der Waals surface area contributed by atoms with Crippen molar-refractivity contribution in [1.82, 2.24) is 13.7 Å². The molecule has 3 aromatic rings. The Hall–Kier alpha value is -2.93. The van der Waals surface area contributed by atoms with Gasteiger partial charge in [0, 0.05) is 58.1 Å². The van der Waals surface area contributed by atoms with Crippen molar-refractivity contribution in [3.63, 3.8) is 0 Å². The lowest BCUT2D eigenvalue weighted by Gasteiger charge is -2.30. The summed E-state index contributed by atoms with van der Waals surface area (Å²) < 4.78 is 28.8. The maximum absolute atomic E-state index is 12.3. The van der Waals surface area contributed by atoms with Crippen LogP contribution in [-0.4, -0.2) is 154 Å². The van der Waals surface area contributed by atoms with Crippen LogP contribution in [0.1, 0.15) is 57.6 Å². The highest BCUT2D eigenvalue weighted by Gasteiger charge is 2.38. The minimum absolute atomic E-state index is 0.0251. The molecule has 0 spiro atoms. The average molecular weight is 1190 g/mol. The zero-order valence-electron chi connectivity index (χ0n) is 42.8. The fraction of sp³-hybridized carbons (Fsp3) is 0.625. The van der Waals surface area contributed by atoms with Crippen LogP contribution in [0, 0.1) is 5.41 Å². The second-order valence-corrected chi connectivity index (χ2v) is 19.6. The molecule has 0 aliphatic rings. The van der Waals surface area contributed by atoms with Gasteiger partial charge in [-0.15, -0.1) is 0 Å². The number of carbonyl (C=O) groups is 3. The molecule has 0 radical (unpaired) electrons. The van der Waals surface area contributed by atoms with E-state index >= 15 is 0 Å². The van der Waals surface area contributed by atoms with Gasteiger partial charge in [-0.25, -0.2) is 47.6 Å². The van der Waals surface area contributed by atoms with Gasteiger partial charge in [-0.2, -0.15) is 88.4 Å². The summed E-state index contributed by atoms with van der Waals surface area (Å²) in [6.07, 6.45) is -0.914. The first kappa shape index (κ1) is 70.1. The van der Waals surface area contributed by atoms with Crippen molar-refractivity contribution < 1.29 is 67.8 Å². The average Bonchev–Trinajstić information content (AvgIpc) is 3.41. The highest BCUT2D eigenvalue weighted by molar-refractivity contribution is 7.81. The molecule has 2 atom stereocenters. The molecule has 0 bridgehead atoms. The Labute approximate surface area is 476 Å². The highest BCUT2D eigenvalue weighted by atomic mass is 32.1. The Balaban J connectivity index is 0.000000564. The molecule has 0 aliphatic heterocycles. The van der Waals surface area contributed by atoms with Gasteiger partial charge < -0.3 is 33.9 Å². The van der Waals surface area contributed by atoms with E-state index < -0.39 is 52.6 Å². The summed E-state index contributed by atoms with van der Waals surface area (Å²) in [5, 5.41) is 19.1. The predicted molar refractivity (Wildman–Crippen MR) is 308 cm³/mol. The number of aliphatic hydroxyl groups is 2. The fourth-order valence-corrected chi connectivity index (χ4v) is 7.04. The number of aromatic nitrogens is 3. The summed E-state index contributed by atoms with van der Waals surface area (Å²) in [5.41, 5.74) is -0.981. The molecule has 20 nitrogen and oxygen atoms in total. The van der Waals surface area contributed by atoms with Crippen molar-refractivity contribution in [3.8, 4) is 11.5 Å². The monoisotopic (exact) mass is 1190 g/mol. The van der Waals surface area contributed by atoms with Crippen LogP contribution in [0.4, 0.5) is 0 Å². The first-order valence-electron chi connectivity index (χ1n) is 23.8. The zero-order valence-corrected chi connectivity index (χ0v) is 49.1. The van der Waals surface area contributed by atoms with Crippen LogP contribution < -0.4 is 26.5 Å². The van der Waals surface area contributed by atoms with Crippen molar-refractivity contribution in [2.24, 2.45) is 12.5 Å². The molecule has 27 heteroatoms. The van der Waals surface area contributed by atoms with E-state index in [4.69, 9.17) is 43.2 Å². The quantitative estimate of drug-likeness (QED) is 0.0102. The third kappa shape index (κ3) is 27.5. The van der Waals surface area contributed by atoms with Crippen molar-refractivity contribution >= 4 is 106 Å². The fourth-order valence-electron chi connectivity index (χ4n) is 6.41. The standard InChI is InChI=1S/C21H28O4S2.C15H26O6S3.C12H21N3O7S2/c1-21(2,15-3-7-19(8-4-15)24-11-17(22)13-26)16-5-9-20(10-6-16)25-12-18(23)14-27;1-2-15(9-12(16)19-3-6-22,10-13(17)20-4-7-23)11-14(18)21-5-8-24;1-13-10(16)14(2-4-19-21-6-8-23)12(18)15(11(13)17)3-5-20-22-7-9-24/h3-10,17-18,22-23,26-27H,11-14H2,1-2H3;22-24H,2-11H2,1H3;23-24H,2-9H2,1H3. The molecule has 0 aliphatic carbocycles. The van der Waals surface area contributed by atoms with Crippen LogP contribution in [0.3, 0.4) is 0 Å². The summed E-state index contributed by atoms with van der Waals surface area (Å²) in [4.78, 5) is 91.5. The maximum atomic E-state index is 12.3. The normalized spacial score (nSPS) is 12.1. The number of ether oxygens (including phenoxy) is 5. The molecule has 1 aromatic heterocycles. The third-order valence-electron chi connectivity index (χ3n) is 10.6. The van der Waals surface area contributed by atoms with Crippen LogP contribution in [0.15, 0.2) is 62.9 Å². The maximum Gasteiger partial charge on any atom is 0.336 e. The van der Waals surface area contributed by atoms with Crippen molar-refractivity contribution in [3.05, 3.63) is 91.1 Å². The number of thiol groups is 7. The van der Waals surface area contributed by atoms with Gasteiger partial charge in [-0.05, 0) is 41.8 Å². The van der Waals surface area contributed by atoms with Crippen LogP contribution in [0.2, 0.25) is 0 Å². The second-order valence-electron chi connectivity index (χ2n) is 16.6.